The van der Waals surface area contributed by atoms with E-state index in [1.54, 1.807) is 0 Å². The van der Waals surface area contributed by atoms with Crippen molar-refractivity contribution in [3.63, 3.8) is 0 Å². The Balaban J connectivity index is 0.000000270. The van der Waals surface area contributed by atoms with E-state index in [0.29, 0.717) is 0 Å². The molecule has 12 heteroatoms. The smallest absolute Gasteiger partial charge is 0.256 e. The topological polar surface area (TPSA) is 55.0 Å². The van der Waals surface area contributed by atoms with Crippen LogP contribution in [0.4, 0.5) is 25.2 Å². The summed E-state index contributed by atoms with van der Waals surface area (Å²) in [5, 5.41) is 3.84. The Morgan fingerprint density at radius 3 is 1.76 bits per heavy atom. The standard InChI is InChI=1S/C9H16N5.F6P/c10-12-11-9(13-5-1-2-6-13)14-7-3-4-8-14;1-7(2,3,4,5)6/h1-8H2;/q+1;-1. The number of hydrogen-bond donors (Lipinski definition) is 0. The van der Waals surface area contributed by atoms with Crippen molar-refractivity contribution in [2.24, 2.45) is 5.11 Å². The van der Waals surface area contributed by atoms with Gasteiger partial charge in [-0.25, -0.2) is 0 Å². The van der Waals surface area contributed by atoms with Crippen LogP contribution in [-0.2, 0) is 0 Å². The van der Waals surface area contributed by atoms with Gasteiger partial charge in [0.05, 0.1) is 26.2 Å². The Morgan fingerprint density at radius 2 is 1.38 bits per heavy atom. The minimum Gasteiger partial charge on any atom is -0.256 e. The molecule has 0 bridgehead atoms. The first-order chi connectivity index (χ1) is 9.36. The van der Waals surface area contributed by atoms with Crippen LogP contribution in [0.15, 0.2) is 5.11 Å². The van der Waals surface area contributed by atoms with Crippen molar-refractivity contribution in [2.75, 3.05) is 26.2 Å². The molecule has 0 atom stereocenters. The maximum Gasteiger partial charge on any atom is 0.476 e. The summed E-state index contributed by atoms with van der Waals surface area (Å²) in [6, 6.07) is 0. The average Bonchev–Trinajstić information content (AvgIpc) is 2.94. The van der Waals surface area contributed by atoms with Crippen molar-refractivity contribution < 1.29 is 29.8 Å². The minimum absolute atomic E-state index is 0.863. The van der Waals surface area contributed by atoms with Crippen LogP contribution < -0.4 is 0 Å². The molecule has 2 fully saturated rings. The largest absolute Gasteiger partial charge is 0.476 e. The molecule has 0 aromatic rings. The van der Waals surface area contributed by atoms with Crippen LogP contribution in [0.5, 0.6) is 0 Å². The molecule has 0 spiro atoms. The molecular formula is C9H16F6N5P. The molecule has 5 nitrogen and oxygen atoms in total. The fourth-order valence-electron chi connectivity index (χ4n) is 2.20. The summed E-state index contributed by atoms with van der Waals surface area (Å²) in [6.45, 7) is 4.19. The second kappa shape index (κ2) is 5.53. The van der Waals surface area contributed by atoms with Crippen LogP contribution in [0, 0.1) is 0 Å². The Bertz CT molecular complexity index is 440. The number of likely N-dealkylation sites (tertiary alicyclic amines) is 1. The van der Waals surface area contributed by atoms with E-state index < -0.39 is 7.81 Å². The quantitative estimate of drug-likeness (QED) is 0.117. The molecule has 0 aliphatic carbocycles. The van der Waals surface area contributed by atoms with Gasteiger partial charge < -0.3 is 0 Å². The van der Waals surface area contributed by atoms with Gasteiger partial charge in [-0.15, -0.1) is 0 Å². The van der Waals surface area contributed by atoms with Crippen LogP contribution in [0.2, 0.25) is 0 Å². The second-order valence-corrected chi connectivity index (χ2v) is 6.75. The van der Waals surface area contributed by atoms with Crippen molar-refractivity contribution in [2.45, 2.75) is 25.7 Å². The number of nitrogens with zero attached hydrogens (tertiary/aromatic N) is 5. The molecule has 0 unspecified atom stereocenters. The maximum absolute atomic E-state index is 10.7. The minimum atomic E-state index is -10.7. The summed E-state index contributed by atoms with van der Waals surface area (Å²) >= 11 is 0. The van der Waals surface area contributed by atoms with Crippen LogP contribution in [-0.4, -0.2) is 41.6 Å². The first kappa shape index (κ1) is 17.8. The van der Waals surface area contributed by atoms with Gasteiger partial charge in [0.2, 0.25) is 4.91 Å². The first-order valence-electron chi connectivity index (χ1n) is 6.35. The zero-order chi connectivity index (χ0) is 16.2. The zero-order valence-corrected chi connectivity index (χ0v) is 12.0. The van der Waals surface area contributed by atoms with Crippen molar-refractivity contribution in [3.05, 3.63) is 10.4 Å². The van der Waals surface area contributed by atoms with Crippen LogP contribution in [0.1, 0.15) is 25.7 Å². The number of halogens is 6. The predicted octanol–water partition coefficient (Wildman–Crippen LogP) is 4.94. The Labute approximate surface area is 117 Å². The van der Waals surface area contributed by atoms with Crippen molar-refractivity contribution >= 4 is 13.8 Å². The molecule has 2 heterocycles. The number of azide groups is 1. The molecule has 0 N–H and O–H groups in total. The summed E-state index contributed by atoms with van der Waals surface area (Å²) in [7, 11) is -10.7. The van der Waals surface area contributed by atoms with E-state index in [1.165, 1.54) is 25.7 Å². The van der Waals surface area contributed by atoms with Crippen molar-refractivity contribution in [1.29, 1.82) is 0 Å². The van der Waals surface area contributed by atoms with Gasteiger partial charge >= 0.3 is 44.1 Å². The maximum atomic E-state index is 9.87. The van der Waals surface area contributed by atoms with E-state index >= 15 is 0 Å². The number of rotatable bonds is 0. The van der Waals surface area contributed by atoms with Gasteiger partial charge in [0, 0.05) is 5.53 Å². The first-order valence-corrected chi connectivity index (χ1v) is 8.38. The average molecular weight is 339 g/mol. The second-order valence-electron chi connectivity index (χ2n) is 4.84. The SMILES string of the molecule is F[P-](F)(F)(F)(F)F.[N-]=[N+]=NC(N1CCCC1)=[N+]1CCCC1. The summed E-state index contributed by atoms with van der Waals surface area (Å²) < 4.78 is 61.4. The fourth-order valence-corrected chi connectivity index (χ4v) is 2.20. The Morgan fingerprint density at radius 1 is 0.952 bits per heavy atom. The molecule has 2 aliphatic heterocycles. The molecule has 2 saturated heterocycles. The van der Waals surface area contributed by atoms with Crippen LogP contribution in [0.3, 0.4) is 0 Å². The van der Waals surface area contributed by atoms with E-state index in [2.05, 4.69) is 19.5 Å². The molecule has 0 amide bonds. The third-order valence-electron chi connectivity index (χ3n) is 2.91. The normalized spacial score (nSPS) is 21.8. The third kappa shape index (κ3) is 9.36. The van der Waals surface area contributed by atoms with Gasteiger partial charge in [-0.1, -0.05) is 0 Å². The fraction of sp³-hybridized carbons (Fsp3) is 0.889. The van der Waals surface area contributed by atoms with E-state index in [1.807, 2.05) is 0 Å². The molecule has 0 aromatic heterocycles. The molecule has 2 rings (SSSR count). The molecular weight excluding hydrogens is 323 g/mol. The molecule has 0 aromatic carbocycles. The van der Waals surface area contributed by atoms with Gasteiger partial charge in [0.15, 0.2) is 0 Å². The zero-order valence-electron chi connectivity index (χ0n) is 11.1. The summed E-state index contributed by atoms with van der Waals surface area (Å²) in [4.78, 5) is 5.14. The Hall–Kier alpha value is -1.21. The summed E-state index contributed by atoms with van der Waals surface area (Å²) in [5.74, 6) is 0.863. The van der Waals surface area contributed by atoms with E-state index in [4.69, 9.17) is 5.53 Å². The van der Waals surface area contributed by atoms with Crippen molar-refractivity contribution in [3.8, 4) is 0 Å². The Kier molecular flexibility index (Phi) is 4.70. The number of guanidine groups is 1. The van der Waals surface area contributed by atoms with Gasteiger partial charge in [0.1, 0.15) is 0 Å². The van der Waals surface area contributed by atoms with Crippen molar-refractivity contribution in [1.82, 2.24) is 4.90 Å². The van der Waals surface area contributed by atoms with Crippen LogP contribution >= 0.6 is 7.81 Å². The molecule has 2 aliphatic rings. The van der Waals surface area contributed by atoms with Gasteiger partial charge in [0.25, 0.3) is 0 Å². The summed E-state index contributed by atoms with van der Waals surface area (Å²) in [5.41, 5.74) is 8.54. The predicted molar refractivity (Wildman–Crippen MR) is 67.8 cm³/mol. The van der Waals surface area contributed by atoms with E-state index in [0.717, 1.165) is 32.1 Å². The molecule has 124 valence electrons. The van der Waals surface area contributed by atoms with E-state index in [9.17, 15) is 25.2 Å². The van der Waals surface area contributed by atoms with Gasteiger partial charge in [-0.2, -0.15) is 0 Å². The van der Waals surface area contributed by atoms with Gasteiger partial charge in [-0.05, 0) is 25.7 Å². The van der Waals surface area contributed by atoms with Gasteiger partial charge in [-0.3, -0.25) is 9.48 Å². The molecule has 21 heavy (non-hydrogen) atoms. The number of hydrogen-bond acceptors (Lipinski definition) is 0. The van der Waals surface area contributed by atoms with Crippen LogP contribution in [0.25, 0.3) is 10.4 Å². The molecule has 0 radical (unpaired) electrons. The molecule has 0 saturated carbocycles. The third-order valence-corrected chi connectivity index (χ3v) is 2.91. The van der Waals surface area contributed by atoms with E-state index in [-0.39, 0.29) is 0 Å². The monoisotopic (exact) mass is 339 g/mol. The summed E-state index contributed by atoms with van der Waals surface area (Å²) in [6.07, 6.45) is 4.88.